The molecule has 3 rings (SSSR count). The minimum absolute atomic E-state index is 0.0332. The molecule has 0 atom stereocenters. The van der Waals surface area contributed by atoms with Gasteiger partial charge in [0.1, 0.15) is 5.01 Å². The van der Waals surface area contributed by atoms with Crippen LogP contribution in [-0.2, 0) is 12.7 Å². The number of amides is 2. The van der Waals surface area contributed by atoms with Crippen LogP contribution in [0.4, 0.5) is 23.7 Å². The molecule has 0 radical (unpaired) electrons. The molecule has 4 nitrogen and oxygen atoms in total. The number of anilines is 1. The summed E-state index contributed by atoms with van der Waals surface area (Å²) >= 11 is 7.52. The molecule has 0 saturated heterocycles. The first-order valence-electron chi connectivity index (χ1n) is 9.08. The average Bonchev–Trinajstić information content (AvgIpc) is 3.21. The van der Waals surface area contributed by atoms with Gasteiger partial charge in [-0.15, -0.1) is 11.3 Å². The van der Waals surface area contributed by atoms with Crippen molar-refractivity contribution in [2.24, 2.45) is 0 Å². The van der Waals surface area contributed by atoms with Crippen LogP contribution in [0, 0.1) is 0 Å². The third-order valence-electron chi connectivity index (χ3n) is 4.38. The number of thiazole rings is 1. The lowest BCUT2D eigenvalue weighted by molar-refractivity contribution is -0.137. The number of urea groups is 1. The van der Waals surface area contributed by atoms with E-state index < -0.39 is 17.8 Å². The van der Waals surface area contributed by atoms with E-state index in [-0.39, 0.29) is 23.3 Å². The highest BCUT2D eigenvalue weighted by Gasteiger charge is 2.31. The Bertz CT molecular complexity index is 1020. The van der Waals surface area contributed by atoms with E-state index >= 15 is 0 Å². The smallest absolute Gasteiger partial charge is 0.318 e. The number of halogens is 4. The Morgan fingerprint density at radius 2 is 2.00 bits per heavy atom. The van der Waals surface area contributed by atoms with Crippen LogP contribution in [0.2, 0.25) is 5.02 Å². The number of nitrogens with one attached hydrogen (secondary N) is 1. The van der Waals surface area contributed by atoms with Crippen LogP contribution in [0.5, 0.6) is 0 Å². The third-order valence-corrected chi connectivity index (χ3v) is 5.53. The van der Waals surface area contributed by atoms with Crippen LogP contribution in [0.1, 0.15) is 25.0 Å². The van der Waals surface area contributed by atoms with Gasteiger partial charge < -0.3 is 10.2 Å². The summed E-state index contributed by atoms with van der Waals surface area (Å²) in [6.45, 7) is 3.94. The number of rotatable bonds is 5. The summed E-state index contributed by atoms with van der Waals surface area (Å²) in [5.41, 5.74) is 0.849. The zero-order chi connectivity index (χ0) is 21.9. The van der Waals surface area contributed by atoms with E-state index in [4.69, 9.17) is 11.6 Å². The van der Waals surface area contributed by atoms with Gasteiger partial charge in [-0.2, -0.15) is 13.2 Å². The number of alkyl halides is 3. The van der Waals surface area contributed by atoms with Crippen molar-refractivity contribution in [2.75, 3.05) is 5.32 Å². The second-order valence-corrected chi connectivity index (χ2v) is 8.18. The lowest BCUT2D eigenvalue weighted by atomic mass is 10.1. The average molecular weight is 454 g/mol. The maximum Gasteiger partial charge on any atom is 0.416 e. The van der Waals surface area contributed by atoms with Gasteiger partial charge in [0.15, 0.2) is 0 Å². The van der Waals surface area contributed by atoms with Crippen molar-refractivity contribution < 1.29 is 18.0 Å². The molecule has 0 unspecified atom stereocenters. The molecule has 0 aliphatic heterocycles. The summed E-state index contributed by atoms with van der Waals surface area (Å²) in [5, 5.41) is 5.30. The number of nitrogens with zero attached hydrogens (tertiary/aromatic N) is 2. The van der Waals surface area contributed by atoms with Gasteiger partial charge in [0.05, 0.1) is 16.3 Å². The maximum atomic E-state index is 13.0. The van der Waals surface area contributed by atoms with Gasteiger partial charge in [-0.05, 0) is 43.7 Å². The Morgan fingerprint density at radius 3 is 2.63 bits per heavy atom. The van der Waals surface area contributed by atoms with Gasteiger partial charge in [0.2, 0.25) is 0 Å². The van der Waals surface area contributed by atoms with Crippen molar-refractivity contribution >= 4 is 34.7 Å². The van der Waals surface area contributed by atoms with Crippen molar-refractivity contribution in [1.82, 2.24) is 9.88 Å². The predicted octanol–water partition coefficient (Wildman–Crippen LogP) is 6.92. The van der Waals surface area contributed by atoms with E-state index in [1.54, 1.807) is 6.20 Å². The second-order valence-electron chi connectivity index (χ2n) is 6.88. The molecule has 30 heavy (non-hydrogen) atoms. The first-order valence-corrected chi connectivity index (χ1v) is 10.3. The van der Waals surface area contributed by atoms with Crippen molar-refractivity contribution in [3.05, 3.63) is 70.2 Å². The van der Waals surface area contributed by atoms with E-state index in [2.05, 4.69) is 10.3 Å². The molecule has 158 valence electrons. The molecule has 0 aliphatic rings. The van der Waals surface area contributed by atoms with E-state index in [0.717, 1.165) is 34.3 Å². The van der Waals surface area contributed by atoms with Crippen LogP contribution >= 0.6 is 22.9 Å². The molecule has 0 fully saturated rings. The molecule has 9 heteroatoms. The monoisotopic (exact) mass is 453 g/mol. The van der Waals surface area contributed by atoms with Crippen molar-refractivity contribution in [2.45, 2.75) is 32.6 Å². The predicted molar refractivity (Wildman–Crippen MR) is 114 cm³/mol. The highest BCUT2D eigenvalue weighted by molar-refractivity contribution is 7.13. The van der Waals surface area contributed by atoms with E-state index in [0.29, 0.717) is 0 Å². The number of carbonyl (C=O) groups excluding carboxylic acids is 1. The fraction of sp³-hybridized carbons (Fsp3) is 0.238. The van der Waals surface area contributed by atoms with Gasteiger partial charge in [-0.1, -0.05) is 29.8 Å². The fourth-order valence-corrected chi connectivity index (χ4v) is 3.64. The van der Waals surface area contributed by atoms with Gasteiger partial charge in [0.25, 0.3) is 0 Å². The van der Waals surface area contributed by atoms with Gasteiger partial charge in [-0.25, -0.2) is 9.78 Å². The molecule has 1 N–H and O–H groups in total. The van der Waals surface area contributed by atoms with E-state index in [9.17, 15) is 18.0 Å². The van der Waals surface area contributed by atoms with Crippen LogP contribution in [0.25, 0.3) is 10.6 Å². The van der Waals surface area contributed by atoms with E-state index in [1.807, 2.05) is 43.5 Å². The lowest BCUT2D eigenvalue weighted by Crippen LogP contribution is -2.39. The molecule has 1 heterocycles. The topological polar surface area (TPSA) is 45.2 Å². The molecule has 0 spiro atoms. The number of carbonyl (C=O) groups is 1. The SMILES string of the molecule is CC(C)N(Cc1cccc(-c2nccs2)c1)C(=O)Nc1cc(C(F)(F)F)ccc1Cl. The summed E-state index contributed by atoms with van der Waals surface area (Å²) < 4.78 is 39.0. The Balaban J connectivity index is 1.81. The molecular formula is C21H19ClF3N3OS. The molecule has 0 saturated carbocycles. The summed E-state index contributed by atoms with van der Waals surface area (Å²) in [5.74, 6) is 0. The van der Waals surface area contributed by atoms with Crippen LogP contribution < -0.4 is 5.32 Å². The standard InChI is InChI=1S/C21H19ClF3N3OS/c1-13(2)28(12-14-4-3-5-15(10-14)19-26-8-9-30-19)20(29)27-18-11-16(21(23,24)25)6-7-17(18)22/h3-11,13H,12H2,1-2H3,(H,27,29). The minimum Gasteiger partial charge on any atom is -0.318 e. The van der Waals surface area contributed by atoms with Crippen molar-refractivity contribution in [3.8, 4) is 10.6 Å². The van der Waals surface area contributed by atoms with Gasteiger partial charge >= 0.3 is 12.2 Å². The second kappa shape index (κ2) is 9.06. The molecular weight excluding hydrogens is 435 g/mol. The first kappa shape index (κ1) is 22.1. The highest BCUT2D eigenvalue weighted by Crippen LogP contribution is 2.34. The number of hydrogen-bond donors (Lipinski definition) is 1. The molecule has 0 aliphatic carbocycles. The minimum atomic E-state index is -4.53. The molecule has 1 aromatic heterocycles. The van der Waals surface area contributed by atoms with Crippen molar-refractivity contribution in [3.63, 3.8) is 0 Å². The summed E-state index contributed by atoms with van der Waals surface area (Å²) in [6, 6.07) is 9.75. The van der Waals surface area contributed by atoms with Gasteiger partial charge in [-0.3, -0.25) is 0 Å². The van der Waals surface area contributed by atoms with Crippen LogP contribution in [-0.4, -0.2) is 22.0 Å². The Kier molecular flexibility index (Phi) is 6.67. The van der Waals surface area contributed by atoms with E-state index in [1.165, 1.54) is 16.2 Å². The Hall–Kier alpha value is -2.58. The summed E-state index contributed by atoms with van der Waals surface area (Å²) in [6.07, 6.45) is -2.81. The Labute approximate surface area is 181 Å². The Morgan fingerprint density at radius 1 is 1.23 bits per heavy atom. The normalized spacial score (nSPS) is 11.6. The number of hydrogen-bond acceptors (Lipinski definition) is 3. The molecule has 0 bridgehead atoms. The lowest BCUT2D eigenvalue weighted by Gasteiger charge is -2.27. The zero-order valence-electron chi connectivity index (χ0n) is 16.2. The van der Waals surface area contributed by atoms with Gasteiger partial charge in [0, 0.05) is 29.7 Å². The quantitative estimate of drug-likeness (QED) is 0.455. The summed E-state index contributed by atoms with van der Waals surface area (Å²) in [7, 11) is 0. The summed E-state index contributed by atoms with van der Waals surface area (Å²) in [4.78, 5) is 18.7. The first-order chi connectivity index (χ1) is 14.1. The third kappa shape index (κ3) is 5.31. The fourth-order valence-electron chi connectivity index (χ4n) is 2.84. The molecule has 2 aromatic carbocycles. The largest absolute Gasteiger partial charge is 0.416 e. The van der Waals surface area contributed by atoms with Crippen LogP contribution in [0.15, 0.2) is 54.0 Å². The maximum absolute atomic E-state index is 13.0. The molecule has 3 aromatic rings. The van der Waals surface area contributed by atoms with Crippen LogP contribution in [0.3, 0.4) is 0 Å². The molecule has 2 amide bonds. The van der Waals surface area contributed by atoms with Crippen molar-refractivity contribution in [1.29, 1.82) is 0 Å². The number of aromatic nitrogens is 1. The number of benzene rings is 2. The highest BCUT2D eigenvalue weighted by atomic mass is 35.5. The zero-order valence-corrected chi connectivity index (χ0v) is 17.8.